The fourth-order valence-corrected chi connectivity index (χ4v) is 1.76. The van der Waals surface area contributed by atoms with Gasteiger partial charge in [0.15, 0.2) is 0 Å². The van der Waals surface area contributed by atoms with Gasteiger partial charge in [-0.05, 0) is 24.6 Å². The summed E-state index contributed by atoms with van der Waals surface area (Å²) in [4.78, 5) is 4.02. The van der Waals surface area contributed by atoms with Crippen molar-refractivity contribution in [3.05, 3.63) is 42.0 Å². The second kappa shape index (κ2) is 5.52. The monoisotopic (exact) mass is 287 g/mol. The first-order valence-corrected chi connectivity index (χ1v) is 6.08. The smallest absolute Gasteiger partial charge is 0.355 e. The minimum absolute atomic E-state index is 0.204. The molecule has 2 rings (SSSR count). The maximum Gasteiger partial charge on any atom is 0.419 e. The first-order chi connectivity index (χ1) is 9.43. The van der Waals surface area contributed by atoms with Gasteiger partial charge in [0, 0.05) is 24.6 Å². The quantitative estimate of drug-likeness (QED) is 0.866. The minimum Gasteiger partial charge on any atom is -0.355 e. The molecule has 1 aromatic carbocycles. The fourth-order valence-electron chi connectivity index (χ4n) is 1.76. The van der Waals surface area contributed by atoms with E-state index in [1.165, 1.54) is 23.0 Å². The van der Waals surface area contributed by atoms with Crippen molar-refractivity contribution in [3.8, 4) is 5.69 Å². The number of nitrogens with zero attached hydrogens (tertiary/aromatic N) is 2. The lowest BCUT2D eigenvalue weighted by Gasteiger charge is -2.13. The van der Waals surface area contributed by atoms with Gasteiger partial charge >= 0.3 is 6.18 Å². The Morgan fingerprint density at radius 1 is 1.30 bits per heavy atom. The fraction of sp³-hybridized carbons (Fsp3) is 0.308. The van der Waals surface area contributed by atoms with Gasteiger partial charge in [0.05, 0.1) is 5.56 Å². The molecular weight excluding hydrogens is 274 g/mol. The Kier molecular flexibility index (Phi) is 3.96. The normalized spacial score (nSPS) is 11.7. The van der Waals surface area contributed by atoms with E-state index in [-0.39, 0.29) is 5.69 Å². The Balaban J connectivity index is 2.41. The number of hydrogen-bond acceptors (Lipinski definition) is 2. The SMILES string of the molecule is CCCNc1nccn1-c1ccc(F)c(C(F)(F)F)c1. The van der Waals surface area contributed by atoms with E-state index < -0.39 is 17.6 Å². The van der Waals surface area contributed by atoms with Crippen molar-refractivity contribution in [2.75, 3.05) is 11.9 Å². The topological polar surface area (TPSA) is 29.9 Å². The summed E-state index contributed by atoms with van der Waals surface area (Å²) < 4.78 is 52.8. The van der Waals surface area contributed by atoms with Crippen LogP contribution < -0.4 is 5.32 Å². The number of imidazole rings is 1. The molecule has 2 aromatic rings. The van der Waals surface area contributed by atoms with Crippen LogP contribution >= 0.6 is 0 Å². The lowest BCUT2D eigenvalue weighted by atomic mass is 10.2. The molecule has 0 saturated heterocycles. The van der Waals surface area contributed by atoms with Crippen LogP contribution in [-0.2, 0) is 6.18 Å². The lowest BCUT2D eigenvalue weighted by Crippen LogP contribution is -2.11. The van der Waals surface area contributed by atoms with Crippen molar-refractivity contribution in [1.29, 1.82) is 0 Å². The Labute approximate surface area is 113 Å². The highest BCUT2D eigenvalue weighted by Gasteiger charge is 2.34. The first-order valence-electron chi connectivity index (χ1n) is 6.08. The Bertz CT molecular complexity index is 590. The highest BCUT2D eigenvalue weighted by Crippen LogP contribution is 2.33. The molecule has 20 heavy (non-hydrogen) atoms. The van der Waals surface area contributed by atoms with E-state index in [1.54, 1.807) is 0 Å². The number of alkyl halides is 3. The summed E-state index contributed by atoms with van der Waals surface area (Å²) in [5.41, 5.74) is -1.08. The predicted molar refractivity (Wildman–Crippen MR) is 67.3 cm³/mol. The minimum atomic E-state index is -4.72. The van der Waals surface area contributed by atoms with Gasteiger partial charge < -0.3 is 5.32 Å². The molecule has 0 spiro atoms. The number of aromatic nitrogens is 2. The molecule has 0 aliphatic carbocycles. The van der Waals surface area contributed by atoms with Crippen LogP contribution in [0.25, 0.3) is 5.69 Å². The Hall–Kier alpha value is -2.05. The van der Waals surface area contributed by atoms with E-state index in [0.29, 0.717) is 12.5 Å². The number of nitrogens with one attached hydrogen (secondary N) is 1. The van der Waals surface area contributed by atoms with E-state index in [2.05, 4.69) is 10.3 Å². The zero-order valence-corrected chi connectivity index (χ0v) is 10.7. The van der Waals surface area contributed by atoms with Crippen molar-refractivity contribution in [2.45, 2.75) is 19.5 Å². The van der Waals surface area contributed by atoms with Crippen molar-refractivity contribution >= 4 is 5.95 Å². The lowest BCUT2D eigenvalue weighted by molar-refractivity contribution is -0.140. The van der Waals surface area contributed by atoms with Gasteiger partial charge in [-0.15, -0.1) is 0 Å². The van der Waals surface area contributed by atoms with Crippen LogP contribution in [0.4, 0.5) is 23.5 Å². The summed E-state index contributed by atoms with van der Waals surface area (Å²) in [7, 11) is 0. The predicted octanol–water partition coefficient (Wildman–Crippen LogP) is 3.85. The van der Waals surface area contributed by atoms with Crippen LogP contribution in [-0.4, -0.2) is 16.1 Å². The number of halogens is 4. The molecule has 0 aliphatic rings. The van der Waals surface area contributed by atoms with Gasteiger partial charge in [-0.3, -0.25) is 4.57 Å². The molecule has 1 aromatic heterocycles. The Morgan fingerprint density at radius 2 is 2.05 bits per heavy atom. The van der Waals surface area contributed by atoms with Gasteiger partial charge in [0.2, 0.25) is 5.95 Å². The third-order valence-corrected chi connectivity index (χ3v) is 2.71. The van der Waals surface area contributed by atoms with Crippen LogP contribution in [0.1, 0.15) is 18.9 Å². The van der Waals surface area contributed by atoms with Gasteiger partial charge in [0.1, 0.15) is 5.82 Å². The molecule has 1 heterocycles. The molecule has 108 valence electrons. The second-order valence-electron chi connectivity index (χ2n) is 4.21. The third-order valence-electron chi connectivity index (χ3n) is 2.71. The molecule has 0 fully saturated rings. The zero-order chi connectivity index (χ0) is 14.8. The van der Waals surface area contributed by atoms with E-state index in [0.717, 1.165) is 18.6 Å². The third kappa shape index (κ3) is 2.92. The average molecular weight is 287 g/mol. The molecule has 0 saturated carbocycles. The maximum atomic E-state index is 13.2. The molecule has 0 aliphatic heterocycles. The molecule has 0 amide bonds. The summed E-state index contributed by atoms with van der Waals surface area (Å²) >= 11 is 0. The van der Waals surface area contributed by atoms with Gasteiger partial charge in [-0.1, -0.05) is 6.92 Å². The molecular formula is C13H13F4N3. The zero-order valence-electron chi connectivity index (χ0n) is 10.7. The molecule has 0 bridgehead atoms. The van der Waals surface area contributed by atoms with Crippen LogP contribution in [0, 0.1) is 5.82 Å². The Morgan fingerprint density at radius 3 is 2.70 bits per heavy atom. The van der Waals surface area contributed by atoms with Crippen LogP contribution in [0.2, 0.25) is 0 Å². The summed E-state index contributed by atoms with van der Waals surface area (Å²) in [6.45, 7) is 2.60. The average Bonchev–Trinajstić information content (AvgIpc) is 2.84. The van der Waals surface area contributed by atoms with Crippen molar-refractivity contribution in [3.63, 3.8) is 0 Å². The summed E-state index contributed by atoms with van der Waals surface area (Å²) in [6.07, 6.45) is -0.887. The van der Waals surface area contributed by atoms with E-state index in [9.17, 15) is 17.6 Å². The van der Waals surface area contributed by atoms with Crippen LogP contribution in [0.15, 0.2) is 30.6 Å². The van der Waals surface area contributed by atoms with Crippen molar-refractivity contribution in [1.82, 2.24) is 9.55 Å². The molecule has 0 radical (unpaired) electrons. The summed E-state index contributed by atoms with van der Waals surface area (Å²) in [5.74, 6) is -0.865. The highest BCUT2D eigenvalue weighted by atomic mass is 19.4. The number of benzene rings is 1. The number of anilines is 1. The summed E-state index contributed by atoms with van der Waals surface area (Å²) in [6, 6.07) is 2.86. The van der Waals surface area contributed by atoms with E-state index in [4.69, 9.17) is 0 Å². The second-order valence-corrected chi connectivity index (χ2v) is 4.21. The van der Waals surface area contributed by atoms with Crippen LogP contribution in [0.3, 0.4) is 0 Å². The van der Waals surface area contributed by atoms with E-state index >= 15 is 0 Å². The van der Waals surface area contributed by atoms with Gasteiger partial charge in [0.25, 0.3) is 0 Å². The van der Waals surface area contributed by atoms with Gasteiger partial charge in [-0.25, -0.2) is 9.37 Å². The highest BCUT2D eigenvalue weighted by molar-refractivity contribution is 5.44. The molecule has 0 atom stereocenters. The van der Waals surface area contributed by atoms with Crippen molar-refractivity contribution < 1.29 is 17.6 Å². The largest absolute Gasteiger partial charge is 0.419 e. The molecule has 0 unspecified atom stereocenters. The van der Waals surface area contributed by atoms with E-state index in [1.807, 2.05) is 6.92 Å². The standard InChI is InChI=1S/C13H13F4N3/c1-2-5-18-12-19-6-7-20(12)9-3-4-11(14)10(8-9)13(15,16)17/h3-4,6-8H,2,5H2,1H3,(H,18,19). The number of rotatable bonds is 4. The number of hydrogen-bond donors (Lipinski definition) is 1. The summed E-state index contributed by atoms with van der Waals surface area (Å²) in [5, 5.41) is 2.99. The van der Waals surface area contributed by atoms with Gasteiger partial charge in [-0.2, -0.15) is 13.2 Å². The molecule has 7 heteroatoms. The molecule has 1 N–H and O–H groups in total. The maximum absolute atomic E-state index is 13.2. The first kappa shape index (κ1) is 14.4. The molecule has 3 nitrogen and oxygen atoms in total. The van der Waals surface area contributed by atoms with Crippen LogP contribution in [0.5, 0.6) is 0 Å². The van der Waals surface area contributed by atoms with Crippen molar-refractivity contribution in [2.24, 2.45) is 0 Å².